The highest BCUT2D eigenvalue weighted by Crippen LogP contribution is 2.48. The van der Waals surface area contributed by atoms with E-state index in [0.717, 1.165) is 18.4 Å². The lowest BCUT2D eigenvalue weighted by atomic mass is 9.64. The van der Waals surface area contributed by atoms with Crippen LogP contribution < -0.4 is 0 Å². The SMILES string of the molecule is CC[C@@H]1[C@H](c2ccc(O)cc2)Cc2ccc(O)cc2[C@@H]1Cc1ccccc1F. The monoisotopic (exact) mass is 376 g/mol. The molecule has 2 nitrogen and oxygen atoms in total. The minimum absolute atomic E-state index is 0.122. The number of phenolic OH excluding ortho intramolecular Hbond substituents is 2. The zero-order valence-electron chi connectivity index (χ0n) is 16.0. The predicted octanol–water partition coefficient (Wildman–Crippen LogP) is 5.93. The lowest BCUT2D eigenvalue weighted by Crippen LogP contribution is -2.29. The van der Waals surface area contributed by atoms with E-state index < -0.39 is 0 Å². The van der Waals surface area contributed by atoms with Crippen molar-refractivity contribution in [1.29, 1.82) is 0 Å². The van der Waals surface area contributed by atoms with Crippen molar-refractivity contribution in [3.05, 3.63) is 94.8 Å². The molecule has 3 heteroatoms. The Morgan fingerprint density at radius 1 is 0.929 bits per heavy atom. The van der Waals surface area contributed by atoms with E-state index in [0.29, 0.717) is 23.8 Å². The van der Waals surface area contributed by atoms with Crippen LogP contribution in [0.5, 0.6) is 11.5 Å². The fourth-order valence-corrected chi connectivity index (χ4v) is 4.83. The lowest BCUT2D eigenvalue weighted by molar-refractivity contribution is 0.309. The van der Waals surface area contributed by atoms with Gasteiger partial charge in [-0.2, -0.15) is 0 Å². The molecule has 0 saturated carbocycles. The van der Waals surface area contributed by atoms with Crippen molar-refractivity contribution in [2.75, 3.05) is 0 Å². The summed E-state index contributed by atoms with van der Waals surface area (Å²) in [7, 11) is 0. The van der Waals surface area contributed by atoms with Crippen LogP contribution in [0.15, 0.2) is 66.7 Å². The lowest BCUT2D eigenvalue weighted by Gasteiger charge is -2.40. The first-order chi connectivity index (χ1) is 13.6. The third kappa shape index (κ3) is 3.49. The number of fused-ring (bicyclic) bond motifs is 1. The smallest absolute Gasteiger partial charge is 0.126 e. The summed E-state index contributed by atoms with van der Waals surface area (Å²) in [5, 5.41) is 19.8. The highest BCUT2D eigenvalue weighted by molar-refractivity contribution is 5.44. The molecule has 0 fully saturated rings. The van der Waals surface area contributed by atoms with Gasteiger partial charge in [0.2, 0.25) is 0 Å². The maximum atomic E-state index is 14.4. The number of phenols is 2. The van der Waals surface area contributed by atoms with E-state index in [1.54, 1.807) is 24.3 Å². The van der Waals surface area contributed by atoms with E-state index in [2.05, 4.69) is 6.92 Å². The summed E-state index contributed by atoms with van der Waals surface area (Å²) in [4.78, 5) is 0. The van der Waals surface area contributed by atoms with Crippen molar-refractivity contribution in [1.82, 2.24) is 0 Å². The van der Waals surface area contributed by atoms with Crippen molar-refractivity contribution < 1.29 is 14.6 Å². The van der Waals surface area contributed by atoms with Crippen molar-refractivity contribution >= 4 is 0 Å². The summed E-state index contributed by atoms with van der Waals surface area (Å²) in [5.74, 6) is 1.08. The normalized spacial score (nSPS) is 21.3. The van der Waals surface area contributed by atoms with Gasteiger partial charge >= 0.3 is 0 Å². The van der Waals surface area contributed by atoms with Gasteiger partial charge in [0.05, 0.1) is 0 Å². The minimum Gasteiger partial charge on any atom is -0.508 e. The Bertz CT molecular complexity index is 965. The molecular formula is C25H25FO2. The predicted molar refractivity (Wildman–Crippen MR) is 109 cm³/mol. The molecule has 2 N–H and O–H groups in total. The third-order valence-corrected chi connectivity index (χ3v) is 6.19. The largest absolute Gasteiger partial charge is 0.508 e. The number of aromatic hydroxyl groups is 2. The van der Waals surface area contributed by atoms with E-state index in [1.165, 1.54) is 17.2 Å². The molecule has 0 aliphatic heterocycles. The minimum atomic E-state index is -0.175. The first-order valence-electron chi connectivity index (χ1n) is 9.91. The van der Waals surface area contributed by atoms with Crippen molar-refractivity contribution in [3.8, 4) is 11.5 Å². The van der Waals surface area contributed by atoms with Crippen molar-refractivity contribution in [3.63, 3.8) is 0 Å². The van der Waals surface area contributed by atoms with Gasteiger partial charge in [0.25, 0.3) is 0 Å². The van der Waals surface area contributed by atoms with Crippen molar-refractivity contribution in [2.45, 2.75) is 38.0 Å². The molecule has 0 bridgehead atoms. The van der Waals surface area contributed by atoms with Crippen LogP contribution in [0.3, 0.4) is 0 Å². The molecular weight excluding hydrogens is 351 g/mol. The second-order valence-electron chi connectivity index (χ2n) is 7.76. The van der Waals surface area contributed by atoms with Gasteiger partial charge in [-0.25, -0.2) is 4.39 Å². The molecule has 0 unspecified atom stereocenters. The van der Waals surface area contributed by atoms with Crippen LogP contribution in [-0.4, -0.2) is 10.2 Å². The molecule has 0 radical (unpaired) electrons. The second-order valence-corrected chi connectivity index (χ2v) is 7.76. The van der Waals surface area contributed by atoms with Gasteiger partial charge in [-0.05, 0) is 83.2 Å². The first kappa shape index (κ1) is 18.5. The van der Waals surface area contributed by atoms with Crippen LogP contribution in [0, 0.1) is 11.7 Å². The summed E-state index contributed by atoms with van der Waals surface area (Å²) < 4.78 is 14.4. The molecule has 0 amide bonds. The molecule has 4 rings (SSSR count). The van der Waals surface area contributed by atoms with Crippen LogP contribution >= 0.6 is 0 Å². The molecule has 3 aromatic rings. The highest BCUT2D eigenvalue weighted by Gasteiger charge is 2.37. The van der Waals surface area contributed by atoms with Gasteiger partial charge in [0, 0.05) is 0 Å². The number of hydrogen-bond donors (Lipinski definition) is 2. The molecule has 3 aromatic carbocycles. The molecule has 144 valence electrons. The summed E-state index contributed by atoms with van der Waals surface area (Å²) >= 11 is 0. The van der Waals surface area contributed by atoms with Crippen LogP contribution in [0.25, 0.3) is 0 Å². The van der Waals surface area contributed by atoms with Crippen LogP contribution in [0.1, 0.15) is 47.4 Å². The Kier molecular flexibility index (Phi) is 5.08. The Hall–Kier alpha value is -2.81. The standard InChI is InChI=1S/C25H25FO2/c1-2-21-22(16-7-10-19(27)11-8-16)13-17-9-12-20(28)15-23(17)24(21)14-18-5-3-4-6-25(18)26/h3-12,15,21-22,24,27-28H,2,13-14H2,1H3/t21-,22+,24-/m1/s1. The average Bonchev–Trinajstić information content (AvgIpc) is 2.70. The summed E-state index contributed by atoms with van der Waals surface area (Å²) in [6.07, 6.45) is 2.45. The maximum Gasteiger partial charge on any atom is 0.126 e. The van der Waals surface area contributed by atoms with Gasteiger partial charge in [0.15, 0.2) is 0 Å². The first-order valence-corrected chi connectivity index (χ1v) is 9.91. The molecule has 0 saturated heterocycles. The van der Waals surface area contributed by atoms with E-state index >= 15 is 0 Å². The van der Waals surface area contributed by atoms with E-state index in [9.17, 15) is 14.6 Å². The van der Waals surface area contributed by atoms with Gasteiger partial charge < -0.3 is 10.2 Å². The van der Waals surface area contributed by atoms with E-state index in [-0.39, 0.29) is 23.2 Å². The molecule has 3 atom stereocenters. The Labute approximate surface area is 165 Å². The van der Waals surface area contributed by atoms with Crippen LogP contribution in [-0.2, 0) is 12.8 Å². The van der Waals surface area contributed by atoms with Gasteiger partial charge in [0.1, 0.15) is 17.3 Å². The molecule has 0 aromatic heterocycles. The van der Waals surface area contributed by atoms with Crippen molar-refractivity contribution in [2.24, 2.45) is 5.92 Å². The van der Waals surface area contributed by atoms with Crippen LogP contribution in [0.2, 0.25) is 0 Å². The number of benzene rings is 3. The molecule has 28 heavy (non-hydrogen) atoms. The third-order valence-electron chi connectivity index (χ3n) is 6.19. The number of hydrogen-bond acceptors (Lipinski definition) is 2. The Morgan fingerprint density at radius 2 is 1.64 bits per heavy atom. The second kappa shape index (κ2) is 7.67. The maximum absolute atomic E-state index is 14.4. The zero-order valence-corrected chi connectivity index (χ0v) is 16.0. The van der Waals surface area contributed by atoms with Gasteiger partial charge in [-0.1, -0.05) is 49.7 Å². The molecule has 1 aliphatic carbocycles. The topological polar surface area (TPSA) is 40.5 Å². The number of halogens is 1. The van der Waals surface area contributed by atoms with Crippen LogP contribution in [0.4, 0.5) is 4.39 Å². The molecule has 0 spiro atoms. The fourth-order valence-electron chi connectivity index (χ4n) is 4.83. The quantitative estimate of drug-likeness (QED) is 0.592. The fraction of sp³-hybridized carbons (Fsp3) is 0.280. The zero-order chi connectivity index (χ0) is 19.7. The highest BCUT2D eigenvalue weighted by atomic mass is 19.1. The van der Waals surface area contributed by atoms with E-state index in [4.69, 9.17) is 0 Å². The Balaban J connectivity index is 1.79. The summed E-state index contributed by atoms with van der Waals surface area (Å²) in [6, 6.07) is 20.0. The Morgan fingerprint density at radius 3 is 2.36 bits per heavy atom. The molecule has 0 heterocycles. The average molecular weight is 376 g/mol. The summed E-state index contributed by atoms with van der Waals surface area (Å²) in [6.45, 7) is 2.18. The van der Waals surface area contributed by atoms with E-state index in [1.807, 2.05) is 36.4 Å². The van der Waals surface area contributed by atoms with Gasteiger partial charge in [-0.15, -0.1) is 0 Å². The number of rotatable bonds is 4. The summed E-state index contributed by atoms with van der Waals surface area (Å²) in [5.41, 5.74) is 4.25. The van der Waals surface area contributed by atoms with Gasteiger partial charge in [-0.3, -0.25) is 0 Å². The molecule has 1 aliphatic rings.